The van der Waals surface area contributed by atoms with Gasteiger partial charge in [0.1, 0.15) is 0 Å². The van der Waals surface area contributed by atoms with Crippen LogP contribution in [0, 0.1) is 12.8 Å². The standard InChI is InChI=1S/C16H26N4O/c1-13-6-5-7-15(17-13)12-20-9-8-19(4)10-14(11-20)16(21)18(2)3/h5-7,14H,8-12H2,1-4H3. The molecule has 1 atom stereocenters. The zero-order chi connectivity index (χ0) is 15.4. The van der Waals surface area contributed by atoms with Crippen molar-refractivity contribution in [1.29, 1.82) is 0 Å². The Kier molecular flexibility index (Phi) is 5.31. The molecular weight excluding hydrogens is 264 g/mol. The molecule has 1 unspecified atom stereocenters. The second-order valence-corrected chi connectivity index (χ2v) is 6.20. The SMILES string of the molecule is Cc1cccc(CN2CCN(C)CC(C(=O)N(C)C)C2)n1. The predicted molar refractivity (Wildman–Crippen MR) is 83.9 cm³/mol. The van der Waals surface area contributed by atoms with E-state index in [0.717, 1.165) is 44.1 Å². The molecule has 1 aromatic rings. The summed E-state index contributed by atoms with van der Waals surface area (Å²) in [5.74, 6) is 0.253. The number of aromatic nitrogens is 1. The summed E-state index contributed by atoms with van der Waals surface area (Å²) in [5.41, 5.74) is 2.12. The highest BCUT2D eigenvalue weighted by Gasteiger charge is 2.27. The minimum absolute atomic E-state index is 0.0392. The van der Waals surface area contributed by atoms with Crippen LogP contribution in [-0.2, 0) is 11.3 Å². The largest absolute Gasteiger partial charge is 0.348 e. The zero-order valence-corrected chi connectivity index (χ0v) is 13.5. The van der Waals surface area contributed by atoms with Crippen molar-refractivity contribution in [1.82, 2.24) is 19.7 Å². The Balaban J connectivity index is 2.06. The molecule has 5 nitrogen and oxygen atoms in total. The summed E-state index contributed by atoms with van der Waals surface area (Å²) < 4.78 is 0. The van der Waals surface area contributed by atoms with Gasteiger partial charge in [0.2, 0.25) is 5.91 Å². The molecule has 116 valence electrons. The number of carbonyl (C=O) groups excluding carboxylic acids is 1. The van der Waals surface area contributed by atoms with E-state index in [1.54, 1.807) is 4.90 Å². The van der Waals surface area contributed by atoms with Crippen LogP contribution in [0.3, 0.4) is 0 Å². The first kappa shape index (κ1) is 15.9. The van der Waals surface area contributed by atoms with Gasteiger partial charge in [-0.05, 0) is 26.1 Å². The number of pyridine rings is 1. The van der Waals surface area contributed by atoms with E-state index >= 15 is 0 Å². The topological polar surface area (TPSA) is 39.7 Å². The Morgan fingerprint density at radius 1 is 1.33 bits per heavy atom. The first-order valence-corrected chi connectivity index (χ1v) is 7.50. The van der Waals surface area contributed by atoms with Gasteiger partial charge in [0.25, 0.3) is 0 Å². The van der Waals surface area contributed by atoms with Crippen molar-refractivity contribution in [2.24, 2.45) is 5.92 Å². The molecule has 0 bridgehead atoms. The van der Waals surface area contributed by atoms with Gasteiger partial charge in [-0.15, -0.1) is 0 Å². The molecule has 1 aliphatic heterocycles. The van der Waals surface area contributed by atoms with E-state index < -0.39 is 0 Å². The van der Waals surface area contributed by atoms with Crippen LogP contribution in [0.15, 0.2) is 18.2 Å². The summed E-state index contributed by atoms with van der Waals surface area (Å²) >= 11 is 0. The highest BCUT2D eigenvalue weighted by molar-refractivity contribution is 5.78. The van der Waals surface area contributed by atoms with Gasteiger partial charge in [-0.2, -0.15) is 0 Å². The van der Waals surface area contributed by atoms with Crippen LogP contribution in [0.25, 0.3) is 0 Å². The van der Waals surface area contributed by atoms with Gasteiger partial charge in [0, 0.05) is 52.5 Å². The monoisotopic (exact) mass is 290 g/mol. The minimum atomic E-state index is 0.0392. The van der Waals surface area contributed by atoms with E-state index in [1.165, 1.54) is 0 Å². The highest BCUT2D eigenvalue weighted by atomic mass is 16.2. The highest BCUT2D eigenvalue weighted by Crippen LogP contribution is 2.13. The lowest BCUT2D eigenvalue weighted by Gasteiger charge is -2.25. The number of aryl methyl sites for hydroxylation is 1. The van der Waals surface area contributed by atoms with Gasteiger partial charge in [-0.1, -0.05) is 6.07 Å². The second kappa shape index (κ2) is 7.00. The second-order valence-electron chi connectivity index (χ2n) is 6.20. The van der Waals surface area contributed by atoms with E-state index in [1.807, 2.05) is 33.2 Å². The van der Waals surface area contributed by atoms with E-state index in [0.29, 0.717) is 0 Å². The van der Waals surface area contributed by atoms with Crippen molar-refractivity contribution >= 4 is 5.91 Å². The number of likely N-dealkylation sites (N-methyl/N-ethyl adjacent to an activating group) is 1. The van der Waals surface area contributed by atoms with Crippen LogP contribution in [0.4, 0.5) is 0 Å². The molecule has 1 aliphatic rings. The average Bonchev–Trinajstić information content (AvgIpc) is 2.60. The molecule has 1 amide bonds. The first-order valence-electron chi connectivity index (χ1n) is 7.50. The Labute approximate surface area is 127 Å². The van der Waals surface area contributed by atoms with Gasteiger partial charge < -0.3 is 9.80 Å². The quantitative estimate of drug-likeness (QED) is 0.827. The number of hydrogen-bond donors (Lipinski definition) is 0. The summed E-state index contributed by atoms with van der Waals surface area (Å²) in [7, 11) is 5.75. The fraction of sp³-hybridized carbons (Fsp3) is 0.625. The molecule has 0 radical (unpaired) electrons. The maximum absolute atomic E-state index is 12.3. The molecule has 1 aromatic heterocycles. The van der Waals surface area contributed by atoms with Crippen LogP contribution in [0.1, 0.15) is 11.4 Å². The van der Waals surface area contributed by atoms with Gasteiger partial charge in [-0.25, -0.2) is 0 Å². The molecule has 0 saturated carbocycles. The molecule has 0 aromatic carbocycles. The van der Waals surface area contributed by atoms with Crippen molar-refractivity contribution in [2.75, 3.05) is 47.3 Å². The molecule has 5 heteroatoms. The van der Waals surface area contributed by atoms with Crippen LogP contribution in [-0.4, -0.2) is 72.9 Å². The number of nitrogens with zero attached hydrogens (tertiary/aromatic N) is 4. The smallest absolute Gasteiger partial charge is 0.227 e. The Morgan fingerprint density at radius 3 is 2.76 bits per heavy atom. The lowest BCUT2D eigenvalue weighted by Crippen LogP contribution is -2.40. The third-order valence-corrected chi connectivity index (χ3v) is 3.93. The number of carbonyl (C=O) groups is 1. The lowest BCUT2D eigenvalue weighted by atomic mass is 10.1. The van der Waals surface area contributed by atoms with Crippen molar-refractivity contribution in [3.8, 4) is 0 Å². The van der Waals surface area contributed by atoms with Crippen molar-refractivity contribution in [3.05, 3.63) is 29.6 Å². The third kappa shape index (κ3) is 4.51. The molecule has 0 spiro atoms. The molecular formula is C16H26N4O. The predicted octanol–water partition coefficient (Wildman–Crippen LogP) is 0.842. The fourth-order valence-electron chi connectivity index (χ4n) is 2.82. The van der Waals surface area contributed by atoms with E-state index in [9.17, 15) is 4.79 Å². The van der Waals surface area contributed by atoms with Crippen molar-refractivity contribution < 1.29 is 4.79 Å². The van der Waals surface area contributed by atoms with Gasteiger partial charge >= 0.3 is 0 Å². The molecule has 2 rings (SSSR count). The number of hydrogen-bond acceptors (Lipinski definition) is 4. The average molecular weight is 290 g/mol. The Hall–Kier alpha value is -1.46. The van der Waals surface area contributed by atoms with Crippen molar-refractivity contribution in [3.63, 3.8) is 0 Å². The van der Waals surface area contributed by atoms with E-state index in [4.69, 9.17) is 0 Å². The molecule has 1 saturated heterocycles. The Morgan fingerprint density at radius 2 is 2.10 bits per heavy atom. The van der Waals surface area contributed by atoms with Gasteiger partial charge in [0.15, 0.2) is 0 Å². The Bertz CT molecular complexity index is 489. The summed E-state index contributed by atoms with van der Waals surface area (Å²) in [4.78, 5) is 23.2. The normalized spacial score (nSPS) is 21.0. The summed E-state index contributed by atoms with van der Waals surface area (Å²) in [6.45, 7) is 6.42. The maximum Gasteiger partial charge on any atom is 0.227 e. The summed E-state index contributed by atoms with van der Waals surface area (Å²) in [6, 6.07) is 6.12. The molecule has 2 heterocycles. The molecule has 0 N–H and O–H groups in total. The lowest BCUT2D eigenvalue weighted by molar-refractivity contribution is -0.133. The van der Waals surface area contributed by atoms with Crippen LogP contribution in [0.5, 0.6) is 0 Å². The van der Waals surface area contributed by atoms with E-state index in [2.05, 4.69) is 27.9 Å². The van der Waals surface area contributed by atoms with Gasteiger partial charge in [-0.3, -0.25) is 14.7 Å². The van der Waals surface area contributed by atoms with Crippen LogP contribution in [0.2, 0.25) is 0 Å². The molecule has 1 fully saturated rings. The summed E-state index contributed by atoms with van der Waals surface area (Å²) in [6.07, 6.45) is 0. The summed E-state index contributed by atoms with van der Waals surface area (Å²) in [5, 5.41) is 0. The zero-order valence-electron chi connectivity index (χ0n) is 13.5. The number of rotatable bonds is 3. The molecule has 21 heavy (non-hydrogen) atoms. The van der Waals surface area contributed by atoms with Crippen molar-refractivity contribution in [2.45, 2.75) is 13.5 Å². The third-order valence-electron chi connectivity index (χ3n) is 3.93. The van der Waals surface area contributed by atoms with E-state index in [-0.39, 0.29) is 11.8 Å². The van der Waals surface area contributed by atoms with Gasteiger partial charge in [0.05, 0.1) is 11.6 Å². The minimum Gasteiger partial charge on any atom is -0.348 e. The van der Waals surface area contributed by atoms with Crippen LogP contribution >= 0.6 is 0 Å². The first-order chi connectivity index (χ1) is 9.95. The maximum atomic E-state index is 12.3. The van der Waals surface area contributed by atoms with Crippen LogP contribution < -0.4 is 0 Å². The molecule has 0 aliphatic carbocycles. The number of amides is 1. The fourth-order valence-corrected chi connectivity index (χ4v) is 2.82.